The maximum atomic E-state index is 12.9. The highest BCUT2D eigenvalue weighted by atomic mass is 16.5. The lowest BCUT2D eigenvalue weighted by atomic mass is 9.98. The Morgan fingerprint density at radius 1 is 1.06 bits per heavy atom. The number of amides is 2. The van der Waals surface area contributed by atoms with Crippen molar-refractivity contribution in [3.8, 4) is 11.1 Å². The molecule has 9 nitrogen and oxygen atoms in total. The highest BCUT2D eigenvalue weighted by Gasteiger charge is 2.35. The minimum absolute atomic E-state index is 0.0854. The molecule has 2 amide bonds. The summed E-state index contributed by atoms with van der Waals surface area (Å²) in [4.78, 5) is 37.0. The Balaban J connectivity index is 1.27. The second-order valence-electron chi connectivity index (χ2n) is 8.94. The number of nitrogens with one attached hydrogen (secondary N) is 2. The summed E-state index contributed by atoms with van der Waals surface area (Å²) in [5.41, 5.74) is 4.62. The van der Waals surface area contributed by atoms with E-state index >= 15 is 0 Å². The summed E-state index contributed by atoms with van der Waals surface area (Å²) in [6.07, 6.45) is 2.50. The molecule has 35 heavy (non-hydrogen) atoms. The van der Waals surface area contributed by atoms with Gasteiger partial charge in [0.05, 0.1) is 12.1 Å². The lowest BCUT2D eigenvalue weighted by molar-refractivity contribution is -0.142. The van der Waals surface area contributed by atoms with Crippen LogP contribution in [0.5, 0.6) is 0 Å². The number of ether oxygens (including phenoxy) is 1. The number of benzene rings is 2. The first-order valence-corrected chi connectivity index (χ1v) is 11.6. The van der Waals surface area contributed by atoms with E-state index in [0.717, 1.165) is 28.7 Å². The fourth-order valence-corrected chi connectivity index (χ4v) is 5.16. The van der Waals surface area contributed by atoms with Gasteiger partial charge in [-0.1, -0.05) is 55.0 Å². The van der Waals surface area contributed by atoms with E-state index in [1.165, 1.54) is 10.9 Å². The molecule has 2 aromatic carbocycles. The first-order valence-electron chi connectivity index (χ1n) is 11.6. The molecule has 0 bridgehead atoms. The molecule has 1 fully saturated rings. The van der Waals surface area contributed by atoms with E-state index < -0.39 is 29.9 Å². The van der Waals surface area contributed by atoms with E-state index in [0.29, 0.717) is 12.8 Å². The monoisotopic (exact) mass is 474 g/mol. The van der Waals surface area contributed by atoms with Gasteiger partial charge in [-0.2, -0.15) is 5.10 Å². The van der Waals surface area contributed by atoms with Crippen LogP contribution in [0.2, 0.25) is 0 Å². The van der Waals surface area contributed by atoms with Gasteiger partial charge in [-0.3, -0.25) is 19.6 Å². The van der Waals surface area contributed by atoms with Gasteiger partial charge in [-0.25, -0.2) is 4.79 Å². The van der Waals surface area contributed by atoms with Crippen LogP contribution in [-0.4, -0.2) is 45.5 Å². The Morgan fingerprint density at radius 2 is 1.71 bits per heavy atom. The third-order valence-electron chi connectivity index (χ3n) is 6.90. The summed E-state index contributed by atoms with van der Waals surface area (Å²) < 4.78 is 6.96. The van der Waals surface area contributed by atoms with Gasteiger partial charge < -0.3 is 15.2 Å². The van der Waals surface area contributed by atoms with E-state index in [1.54, 1.807) is 7.05 Å². The number of hydrogen-bond acceptors (Lipinski definition) is 5. The van der Waals surface area contributed by atoms with Crippen LogP contribution in [0.4, 0.5) is 10.6 Å². The maximum absolute atomic E-state index is 12.9. The van der Waals surface area contributed by atoms with Gasteiger partial charge in [-0.05, 0) is 35.1 Å². The van der Waals surface area contributed by atoms with Crippen LogP contribution >= 0.6 is 0 Å². The molecule has 0 saturated heterocycles. The predicted octanol–water partition coefficient (Wildman–Crippen LogP) is 3.76. The van der Waals surface area contributed by atoms with Crippen molar-refractivity contribution in [2.75, 3.05) is 11.9 Å². The van der Waals surface area contributed by atoms with Gasteiger partial charge >= 0.3 is 12.1 Å². The number of carboxylic acid groups (broad SMARTS) is 1. The van der Waals surface area contributed by atoms with E-state index in [4.69, 9.17) is 4.74 Å². The molecule has 5 rings (SSSR count). The number of hydrogen-bond donors (Lipinski definition) is 3. The number of aromatic nitrogens is 2. The molecular formula is C26H26N4O5. The number of carbonyl (C=O) groups excluding carboxylic acids is 2. The standard InChI is InChI=1S/C26H26N4O5/c1-30-23(20(13-27-30)24(31)28-22-12-6-11-19(22)25(32)33)29-26(34)35-14-21-17-9-4-2-7-15(17)16-8-3-5-10-18(16)21/h2-5,7-10,13,19,21-22H,6,11-12,14H2,1H3,(H,28,31)(H,29,34)(H,32,33)/t19-,22+/m1/s1. The fourth-order valence-electron chi connectivity index (χ4n) is 5.16. The molecular weight excluding hydrogens is 448 g/mol. The van der Waals surface area contributed by atoms with Crippen molar-refractivity contribution in [1.29, 1.82) is 0 Å². The molecule has 0 radical (unpaired) electrons. The summed E-state index contributed by atoms with van der Waals surface area (Å²) in [6, 6.07) is 15.7. The Kier molecular flexibility index (Phi) is 5.98. The molecule has 0 spiro atoms. The lowest BCUT2D eigenvalue weighted by Gasteiger charge is -2.18. The summed E-state index contributed by atoms with van der Waals surface area (Å²) >= 11 is 0. The number of aryl methyl sites for hydroxylation is 1. The largest absolute Gasteiger partial charge is 0.481 e. The van der Waals surface area contributed by atoms with Crippen molar-refractivity contribution in [2.45, 2.75) is 31.2 Å². The summed E-state index contributed by atoms with van der Waals surface area (Å²) in [5, 5.41) is 18.9. The summed E-state index contributed by atoms with van der Waals surface area (Å²) in [5.74, 6) is -1.92. The minimum Gasteiger partial charge on any atom is -0.481 e. The van der Waals surface area contributed by atoms with Crippen LogP contribution in [0.1, 0.15) is 46.7 Å². The summed E-state index contributed by atoms with van der Waals surface area (Å²) in [7, 11) is 1.60. The molecule has 2 aliphatic rings. The Morgan fingerprint density at radius 3 is 2.37 bits per heavy atom. The molecule has 3 N–H and O–H groups in total. The zero-order chi connectivity index (χ0) is 24.5. The first kappa shape index (κ1) is 22.6. The molecule has 1 saturated carbocycles. The Labute approximate surface area is 202 Å². The molecule has 0 unspecified atom stereocenters. The molecule has 180 valence electrons. The van der Waals surface area contributed by atoms with Crippen LogP contribution < -0.4 is 10.6 Å². The maximum Gasteiger partial charge on any atom is 0.412 e. The van der Waals surface area contributed by atoms with Crippen molar-refractivity contribution in [3.05, 3.63) is 71.4 Å². The van der Waals surface area contributed by atoms with E-state index in [-0.39, 0.29) is 23.9 Å². The van der Waals surface area contributed by atoms with Gasteiger partial charge in [0.1, 0.15) is 18.0 Å². The fraction of sp³-hybridized carbons (Fsp3) is 0.308. The zero-order valence-corrected chi connectivity index (χ0v) is 19.2. The number of carboxylic acids is 1. The normalized spacial score (nSPS) is 18.5. The summed E-state index contributed by atoms with van der Waals surface area (Å²) in [6.45, 7) is 0.140. The van der Waals surface area contributed by atoms with Crippen molar-refractivity contribution in [3.63, 3.8) is 0 Å². The van der Waals surface area contributed by atoms with Gasteiger partial charge in [0, 0.05) is 19.0 Å². The van der Waals surface area contributed by atoms with Gasteiger partial charge in [0.15, 0.2) is 0 Å². The zero-order valence-electron chi connectivity index (χ0n) is 19.2. The van der Waals surface area contributed by atoms with Crippen molar-refractivity contribution < 1.29 is 24.2 Å². The SMILES string of the molecule is Cn1ncc(C(=O)N[C@H]2CCC[C@H]2C(=O)O)c1NC(=O)OCC1c2ccccc2-c2ccccc21. The van der Waals surface area contributed by atoms with E-state index in [2.05, 4.69) is 27.9 Å². The average Bonchev–Trinajstić information content (AvgIpc) is 3.54. The third kappa shape index (κ3) is 4.25. The number of rotatable bonds is 6. The van der Waals surface area contributed by atoms with E-state index in [1.807, 2.05) is 36.4 Å². The highest BCUT2D eigenvalue weighted by molar-refractivity contribution is 6.02. The molecule has 0 aliphatic heterocycles. The molecule has 1 heterocycles. The predicted molar refractivity (Wildman–Crippen MR) is 128 cm³/mol. The minimum atomic E-state index is -0.920. The molecule has 2 atom stereocenters. The van der Waals surface area contributed by atoms with Crippen molar-refractivity contribution in [2.24, 2.45) is 13.0 Å². The third-order valence-corrected chi connectivity index (χ3v) is 6.90. The smallest absolute Gasteiger partial charge is 0.412 e. The average molecular weight is 475 g/mol. The van der Waals surface area contributed by atoms with Crippen LogP contribution in [0.25, 0.3) is 11.1 Å². The molecule has 1 aromatic heterocycles. The first-order chi connectivity index (χ1) is 16.9. The lowest BCUT2D eigenvalue weighted by Crippen LogP contribution is -2.40. The van der Waals surface area contributed by atoms with Crippen LogP contribution in [0, 0.1) is 5.92 Å². The topological polar surface area (TPSA) is 123 Å². The number of aliphatic carboxylic acids is 1. The quantitative estimate of drug-likeness (QED) is 0.500. The van der Waals surface area contributed by atoms with Crippen molar-refractivity contribution >= 4 is 23.8 Å². The van der Waals surface area contributed by atoms with Gasteiger partial charge in [0.25, 0.3) is 5.91 Å². The Bertz CT molecular complexity index is 1250. The highest BCUT2D eigenvalue weighted by Crippen LogP contribution is 2.44. The van der Waals surface area contributed by atoms with Crippen LogP contribution in [-0.2, 0) is 16.6 Å². The second kappa shape index (κ2) is 9.25. The molecule has 3 aromatic rings. The van der Waals surface area contributed by atoms with E-state index in [9.17, 15) is 19.5 Å². The molecule has 2 aliphatic carbocycles. The van der Waals surface area contributed by atoms with Crippen molar-refractivity contribution in [1.82, 2.24) is 15.1 Å². The Hall–Kier alpha value is -4.14. The van der Waals surface area contributed by atoms with Gasteiger partial charge in [0.2, 0.25) is 0 Å². The number of anilines is 1. The molecule has 9 heteroatoms. The number of nitrogens with zero attached hydrogens (tertiary/aromatic N) is 2. The number of carbonyl (C=O) groups is 3. The van der Waals surface area contributed by atoms with Crippen LogP contribution in [0.15, 0.2) is 54.7 Å². The van der Waals surface area contributed by atoms with Gasteiger partial charge in [-0.15, -0.1) is 0 Å². The number of fused-ring (bicyclic) bond motifs is 3. The second-order valence-corrected chi connectivity index (χ2v) is 8.94. The van der Waals surface area contributed by atoms with Crippen LogP contribution in [0.3, 0.4) is 0 Å².